The highest BCUT2D eigenvalue weighted by molar-refractivity contribution is 5.89. The maximum Gasteiger partial charge on any atom is 0.416 e. The Morgan fingerprint density at radius 2 is 0.907 bits per heavy atom. The van der Waals surface area contributed by atoms with Crippen LogP contribution in [0.15, 0.2) is 85.2 Å². The van der Waals surface area contributed by atoms with Gasteiger partial charge >= 0.3 is 12.4 Å². The minimum absolute atomic E-state index is 0. The zero-order valence-corrected chi connectivity index (χ0v) is 30.3. The normalized spacial score (nSPS) is 24.7. The number of halogens is 8. The lowest BCUT2D eigenvalue weighted by Gasteiger charge is -2.21. The van der Waals surface area contributed by atoms with Crippen molar-refractivity contribution in [3.8, 4) is 22.3 Å². The number of nitrogens with one attached hydrogen (secondary N) is 4. The van der Waals surface area contributed by atoms with E-state index in [4.69, 9.17) is 0 Å². The average Bonchev–Trinajstić information content (AvgIpc) is 3.94. The van der Waals surface area contributed by atoms with Gasteiger partial charge in [0, 0.05) is 25.5 Å². The van der Waals surface area contributed by atoms with Gasteiger partial charge in [-0.1, -0.05) is 24.3 Å². The molecule has 4 aliphatic rings. The van der Waals surface area contributed by atoms with Crippen molar-refractivity contribution in [1.29, 1.82) is 0 Å². The number of alkyl halides is 6. The van der Waals surface area contributed by atoms with Crippen LogP contribution in [0.4, 0.5) is 26.3 Å². The fourth-order valence-electron chi connectivity index (χ4n) is 7.62. The number of benzene rings is 2. The summed E-state index contributed by atoms with van der Waals surface area (Å²) in [6, 6.07) is 17.5. The Labute approximate surface area is 320 Å². The standard InChI is InChI=1S/2C19H18F3N3O.2ClH/c2*20-19(21,22)14-3-1-12(2-4-14)13-6-9-23-16(11-13)15-5-7-18(25-15)8-10-24-17(18)26;;/h2*1-4,6,9,11,15,25H,5,7-8,10H2,(H,24,26);2*1H/t15-,18+;15-,18-;;/m10../s1. The molecule has 4 N–H and O–H groups in total. The third kappa shape index (κ3) is 8.36. The third-order valence-electron chi connectivity index (χ3n) is 10.5. The number of hydrogen-bond donors (Lipinski definition) is 4. The van der Waals surface area contributed by atoms with E-state index in [0.717, 1.165) is 85.3 Å². The molecule has 0 aliphatic carbocycles. The highest BCUT2D eigenvalue weighted by atomic mass is 35.5. The van der Waals surface area contributed by atoms with E-state index in [0.29, 0.717) is 24.2 Å². The maximum atomic E-state index is 12.7. The van der Waals surface area contributed by atoms with E-state index < -0.39 is 34.6 Å². The van der Waals surface area contributed by atoms with Crippen molar-refractivity contribution < 1.29 is 35.9 Å². The fourth-order valence-corrected chi connectivity index (χ4v) is 7.62. The topological polar surface area (TPSA) is 108 Å². The SMILES string of the molecule is Cl.Cl.O=C1NCC[C@@]12CC[C@@H](c1cc(-c3ccc(C(F)(F)F)cc3)ccn1)N2.O=C1NCC[C@@]12CC[C@H](c1cc(-c3ccc(C(F)(F)F)cc3)ccn1)N2. The number of nitrogens with zero attached hydrogens (tertiary/aromatic N) is 2. The average molecular weight is 796 g/mol. The van der Waals surface area contributed by atoms with E-state index in [1.54, 1.807) is 24.5 Å². The number of rotatable bonds is 4. The van der Waals surface area contributed by atoms with E-state index in [-0.39, 0.29) is 48.7 Å². The summed E-state index contributed by atoms with van der Waals surface area (Å²) in [7, 11) is 0. The summed E-state index contributed by atoms with van der Waals surface area (Å²) in [4.78, 5) is 33.0. The van der Waals surface area contributed by atoms with Gasteiger partial charge < -0.3 is 10.6 Å². The summed E-state index contributed by atoms with van der Waals surface area (Å²) in [5, 5.41) is 12.6. The van der Waals surface area contributed by atoms with Gasteiger partial charge in [-0.3, -0.25) is 30.2 Å². The predicted molar refractivity (Wildman–Crippen MR) is 195 cm³/mol. The lowest BCUT2D eigenvalue weighted by atomic mass is 9.96. The van der Waals surface area contributed by atoms with Crippen LogP contribution in [0, 0.1) is 0 Å². The van der Waals surface area contributed by atoms with E-state index >= 15 is 0 Å². The van der Waals surface area contributed by atoms with Gasteiger partial charge in [-0.15, -0.1) is 24.8 Å². The van der Waals surface area contributed by atoms with Crippen LogP contribution in [-0.4, -0.2) is 45.9 Å². The zero-order valence-electron chi connectivity index (χ0n) is 28.7. The summed E-state index contributed by atoms with van der Waals surface area (Å²) in [5.41, 5.74) is 2.29. The van der Waals surface area contributed by atoms with Crippen molar-refractivity contribution in [2.75, 3.05) is 13.1 Å². The van der Waals surface area contributed by atoms with Crippen molar-refractivity contribution >= 4 is 36.6 Å². The first kappa shape index (κ1) is 40.9. The molecule has 0 radical (unpaired) electrons. The highest BCUT2D eigenvalue weighted by Gasteiger charge is 2.49. The van der Waals surface area contributed by atoms with E-state index in [2.05, 4.69) is 31.2 Å². The summed E-state index contributed by atoms with van der Waals surface area (Å²) in [6.45, 7) is 1.36. The Bertz CT molecular complexity index is 1820. The Morgan fingerprint density at radius 3 is 1.22 bits per heavy atom. The number of pyridine rings is 2. The molecular formula is C38H38Cl2F6N6O2. The Balaban J connectivity index is 0.000000200. The molecule has 0 bridgehead atoms. The summed E-state index contributed by atoms with van der Waals surface area (Å²) in [6.07, 6.45) is -0.716. The van der Waals surface area contributed by atoms with Crippen LogP contribution < -0.4 is 21.3 Å². The molecule has 4 atom stereocenters. The molecule has 16 heteroatoms. The molecule has 8 nitrogen and oxygen atoms in total. The van der Waals surface area contributed by atoms with Crippen molar-refractivity contribution in [2.24, 2.45) is 0 Å². The molecule has 2 amide bonds. The lowest BCUT2D eigenvalue weighted by molar-refractivity contribution is -0.138. The number of hydrogen-bond acceptors (Lipinski definition) is 6. The molecule has 54 heavy (non-hydrogen) atoms. The van der Waals surface area contributed by atoms with Gasteiger partial charge in [0.05, 0.1) is 34.6 Å². The summed E-state index contributed by atoms with van der Waals surface area (Å²) < 4.78 is 76.3. The second-order valence-electron chi connectivity index (χ2n) is 13.7. The minimum atomic E-state index is -4.34. The highest BCUT2D eigenvalue weighted by Crippen LogP contribution is 2.39. The smallest absolute Gasteiger partial charge is 0.354 e. The van der Waals surface area contributed by atoms with Crippen LogP contribution in [0.5, 0.6) is 0 Å². The minimum Gasteiger partial charge on any atom is -0.354 e. The molecule has 4 aliphatic heterocycles. The number of amides is 2. The molecule has 6 heterocycles. The summed E-state index contributed by atoms with van der Waals surface area (Å²) in [5.74, 6) is 0.0813. The molecule has 2 aromatic carbocycles. The van der Waals surface area contributed by atoms with Gasteiger partial charge in [0.15, 0.2) is 0 Å². The van der Waals surface area contributed by atoms with Crippen molar-refractivity contribution in [3.63, 3.8) is 0 Å². The Hall–Kier alpha value is -4.24. The van der Waals surface area contributed by atoms with Crippen molar-refractivity contribution in [1.82, 2.24) is 31.2 Å². The van der Waals surface area contributed by atoms with Gasteiger partial charge in [-0.25, -0.2) is 0 Å². The second-order valence-corrected chi connectivity index (χ2v) is 13.7. The van der Waals surface area contributed by atoms with Crippen molar-refractivity contribution in [2.45, 2.75) is 74.0 Å². The summed E-state index contributed by atoms with van der Waals surface area (Å²) >= 11 is 0. The first-order valence-electron chi connectivity index (χ1n) is 17.1. The maximum absolute atomic E-state index is 12.7. The van der Waals surface area contributed by atoms with Gasteiger partial charge in [0.25, 0.3) is 0 Å². The fraction of sp³-hybridized carbons (Fsp3) is 0.368. The van der Waals surface area contributed by atoms with Crippen LogP contribution in [0.3, 0.4) is 0 Å². The first-order chi connectivity index (χ1) is 24.7. The quantitative estimate of drug-likeness (QED) is 0.158. The lowest BCUT2D eigenvalue weighted by Crippen LogP contribution is -2.47. The largest absolute Gasteiger partial charge is 0.416 e. The molecule has 4 fully saturated rings. The first-order valence-corrected chi connectivity index (χ1v) is 17.1. The number of carbonyl (C=O) groups is 2. The van der Waals surface area contributed by atoms with Crippen LogP contribution in [-0.2, 0) is 21.9 Å². The molecule has 8 rings (SSSR count). The zero-order chi connectivity index (χ0) is 36.7. The van der Waals surface area contributed by atoms with Gasteiger partial charge in [0.2, 0.25) is 11.8 Å². The predicted octanol–water partition coefficient (Wildman–Crippen LogP) is 7.74. The van der Waals surface area contributed by atoms with E-state index in [9.17, 15) is 35.9 Å². The van der Waals surface area contributed by atoms with E-state index in [1.165, 1.54) is 24.3 Å². The molecule has 4 aromatic rings. The van der Waals surface area contributed by atoms with Gasteiger partial charge in [0.1, 0.15) is 11.1 Å². The molecule has 0 saturated carbocycles. The molecular weight excluding hydrogens is 757 g/mol. The van der Waals surface area contributed by atoms with Crippen LogP contribution in [0.2, 0.25) is 0 Å². The van der Waals surface area contributed by atoms with Crippen LogP contribution in [0.25, 0.3) is 22.3 Å². The van der Waals surface area contributed by atoms with E-state index in [1.807, 2.05) is 12.1 Å². The van der Waals surface area contributed by atoms with Crippen LogP contribution >= 0.6 is 24.8 Å². The van der Waals surface area contributed by atoms with Crippen molar-refractivity contribution in [3.05, 3.63) is 108 Å². The molecule has 2 aromatic heterocycles. The second kappa shape index (κ2) is 15.9. The monoisotopic (exact) mass is 794 g/mol. The number of aromatic nitrogens is 2. The number of carbonyl (C=O) groups excluding carboxylic acids is 2. The molecule has 4 saturated heterocycles. The Morgan fingerprint density at radius 1 is 0.537 bits per heavy atom. The van der Waals surface area contributed by atoms with Gasteiger partial charge in [-0.2, -0.15) is 26.3 Å². The molecule has 0 unspecified atom stereocenters. The Kier molecular flexibility index (Phi) is 12.0. The van der Waals surface area contributed by atoms with Crippen LogP contribution in [0.1, 0.15) is 73.1 Å². The van der Waals surface area contributed by atoms with Gasteiger partial charge in [-0.05, 0) is 109 Å². The molecule has 288 valence electrons. The molecule has 2 spiro atoms. The third-order valence-corrected chi connectivity index (χ3v) is 10.5.